The van der Waals surface area contributed by atoms with E-state index >= 15 is 14.4 Å². The van der Waals surface area contributed by atoms with E-state index in [0.29, 0.717) is 77.9 Å². The zero-order valence-corrected chi connectivity index (χ0v) is 38.2. The molecule has 19 heteroatoms. The van der Waals surface area contributed by atoms with E-state index in [-0.39, 0.29) is 80.5 Å². The van der Waals surface area contributed by atoms with Crippen LogP contribution in [0.3, 0.4) is 0 Å². The Morgan fingerprint density at radius 3 is 1.99 bits per heavy atom. The van der Waals surface area contributed by atoms with Crippen LogP contribution >= 0.6 is 0 Å². The van der Waals surface area contributed by atoms with Crippen molar-refractivity contribution >= 4 is 63.2 Å². The van der Waals surface area contributed by atoms with Crippen LogP contribution in [0.5, 0.6) is 11.5 Å². The molecule has 6 amide bonds. The second-order valence-corrected chi connectivity index (χ2v) is 19.5. The van der Waals surface area contributed by atoms with E-state index in [1.165, 1.54) is 11.0 Å². The molecule has 0 radical (unpaired) electrons. The van der Waals surface area contributed by atoms with Crippen LogP contribution in [-0.2, 0) is 41.6 Å². The second kappa shape index (κ2) is 19.4. The molecule has 7 atom stereocenters. The summed E-state index contributed by atoms with van der Waals surface area (Å²) in [5.74, 6) is -3.21. The number of guanidine groups is 1. The Bertz CT molecular complexity index is 2610. The predicted molar refractivity (Wildman–Crippen MR) is 253 cm³/mol. The van der Waals surface area contributed by atoms with E-state index in [1.807, 2.05) is 0 Å². The number of aromatic amines is 2. The first-order valence-electron chi connectivity index (χ1n) is 24.3. The lowest BCUT2D eigenvalue weighted by atomic mass is 9.80. The van der Waals surface area contributed by atoms with Crippen molar-refractivity contribution in [3.63, 3.8) is 0 Å². The smallest absolute Gasteiger partial charge is 0.246 e. The van der Waals surface area contributed by atoms with Gasteiger partial charge in [-0.1, -0.05) is 32.1 Å². The van der Waals surface area contributed by atoms with Gasteiger partial charge in [0.05, 0.1) is 0 Å². The predicted octanol–water partition coefficient (Wildman–Crippen LogP) is 2.34. The number of phenols is 2. The van der Waals surface area contributed by atoms with Crippen LogP contribution in [0.1, 0.15) is 101 Å². The Balaban J connectivity index is 1.13. The molecule has 1 spiro atoms. The number of H-pyrrole nitrogens is 2. The van der Waals surface area contributed by atoms with Gasteiger partial charge in [-0.25, -0.2) is 0 Å². The van der Waals surface area contributed by atoms with Crippen LogP contribution in [0, 0.1) is 5.92 Å². The molecule has 4 aromatic rings. The molecule has 2 aromatic heterocycles. The number of aromatic hydroxyl groups is 2. The summed E-state index contributed by atoms with van der Waals surface area (Å²) in [4.78, 5) is 104. The number of nitrogens with one attached hydrogen (secondary N) is 6. The fourth-order valence-electron chi connectivity index (χ4n) is 11.7. The third kappa shape index (κ3) is 9.39. The minimum Gasteiger partial charge on any atom is -0.508 e. The minimum absolute atomic E-state index is 0.00640. The molecule has 3 saturated heterocycles. The van der Waals surface area contributed by atoms with Gasteiger partial charge >= 0.3 is 0 Å². The normalized spacial score (nSPS) is 27.1. The Kier molecular flexibility index (Phi) is 13.2. The maximum Gasteiger partial charge on any atom is 0.246 e. The first-order chi connectivity index (χ1) is 32.8. The van der Waals surface area contributed by atoms with Crippen molar-refractivity contribution in [2.75, 3.05) is 13.1 Å². The lowest BCUT2D eigenvalue weighted by Crippen LogP contribution is -2.66. The number of benzene rings is 2. The fourth-order valence-corrected chi connectivity index (χ4v) is 11.7. The van der Waals surface area contributed by atoms with E-state index < -0.39 is 65.3 Å². The molecule has 19 nitrogen and oxygen atoms in total. The summed E-state index contributed by atoms with van der Waals surface area (Å²) in [5, 5.41) is 34.3. The van der Waals surface area contributed by atoms with E-state index in [4.69, 9.17) is 11.5 Å². The molecular formula is C49H63N11O8. The highest BCUT2D eigenvalue weighted by Gasteiger charge is 2.52. The maximum atomic E-state index is 15.2. The highest BCUT2D eigenvalue weighted by atomic mass is 16.3. The van der Waals surface area contributed by atoms with Gasteiger partial charge in [0.25, 0.3) is 0 Å². The summed E-state index contributed by atoms with van der Waals surface area (Å²) in [6.45, 7) is 0.418. The van der Waals surface area contributed by atoms with E-state index in [9.17, 15) is 24.6 Å². The number of nitrogens with zero attached hydrogens (tertiary/aromatic N) is 3. The monoisotopic (exact) mass is 933 g/mol. The van der Waals surface area contributed by atoms with Crippen LogP contribution in [0.25, 0.3) is 21.8 Å². The zero-order valence-electron chi connectivity index (χ0n) is 38.2. The van der Waals surface area contributed by atoms with E-state index in [0.717, 1.165) is 25.7 Å². The number of phenolic OH excluding ortho intramolecular Hbond substituents is 2. The molecule has 12 N–H and O–H groups in total. The van der Waals surface area contributed by atoms with Crippen molar-refractivity contribution in [1.29, 1.82) is 0 Å². The highest BCUT2D eigenvalue weighted by Crippen LogP contribution is 2.41. The number of rotatable bonds is 8. The van der Waals surface area contributed by atoms with Crippen LogP contribution in [0.15, 0.2) is 53.8 Å². The summed E-state index contributed by atoms with van der Waals surface area (Å²) in [5.41, 5.74) is 12.4. The fraction of sp³-hybridized carbons (Fsp3) is 0.531. The molecule has 0 unspecified atom stereocenters. The van der Waals surface area contributed by atoms with Gasteiger partial charge in [0, 0.05) is 66.2 Å². The molecule has 5 heterocycles. The average Bonchev–Trinajstić information content (AvgIpc) is 4.14. The number of carbonyl (C=O) groups is 6. The number of carbonyl (C=O) groups excluding carboxylic acids is 6. The lowest BCUT2D eigenvalue weighted by Gasteiger charge is -2.40. The first-order valence-corrected chi connectivity index (χ1v) is 24.3. The summed E-state index contributed by atoms with van der Waals surface area (Å²) >= 11 is 0. The van der Waals surface area contributed by atoms with E-state index in [1.54, 1.807) is 47.6 Å². The summed E-state index contributed by atoms with van der Waals surface area (Å²) in [6, 6.07) is 3.93. The summed E-state index contributed by atoms with van der Waals surface area (Å²) in [6.07, 6.45) is 10.9. The number of aromatic nitrogens is 2. The number of amides is 6. The third-order valence-corrected chi connectivity index (χ3v) is 15.1. The molecular weight excluding hydrogens is 871 g/mol. The van der Waals surface area contributed by atoms with Gasteiger partial charge in [0.1, 0.15) is 47.2 Å². The Morgan fingerprint density at radius 1 is 0.691 bits per heavy atom. The van der Waals surface area contributed by atoms with Crippen LogP contribution < -0.4 is 32.7 Å². The van der Waals surface area contributed by atoms with Crippen molar-refractivity contribution in [2.24, 2.45) is 22.4 Å². The third-order valence-electron chi connectivity index (χ3n) is 15.1. The minimum atomic E-state index is -1.50. The first kappa shape index (κ1) is 46.3. The van der Waals surface area contributed by atoms with Gasteiger partial charge in [0.2, 0.25) is 35.4 Å². The molecule has 5 fully saturated rings. The SMILES string of the molecule is NC(N)=NCCC[C@@H]1NC(=O)[C@H](Cc2c[nH]c3ccc(O)cc23)NC(=O)C2(CCCCC2)NC(=O)[C@H](Cc2c[nH]c3ccc(O)cc23)NC(=O)[C@H]2C[C@H]3CCCC[C@H]3N2C(=O)[C@H]2CCCN2C1=O. The second-order valence-electron chi connectivity index (χ2n) is 19.5. The molecule has 9 rings (SSSR count). The number of hydrogen-bond donors (Lipinski definition) is 10. The number of aliphatic imine (C=N–C) groups is 1. The molecule has 362 valence electrons. The van der Waals surface area contributed by atoms with Gasteiger partial charge < -0.3 is 62.7 Å². The highest BCUT2D eigenvalue weighted by molar-refractivity contribution is 6.01. The Labute approximate surface area is 393 Å². The quantitative estimate of drug-likeness (QED) is 0.0699. The molecule has 3 aliphatic heterocycles. The van der Waals surface area contributed by atoms with Crippen LogP contribution in [-0.4, -0.2) is 126 Å². The van der Waals surface area contributed by atoms with Gasteiger partial charge in [-0.3, -0.25) is 33.8 Å². The largest absolute Gasteiger partial charge is 0.508 e. The number of hydrogen-bond acceptors (Lipinski definition) is 9. The molecule has 2 aromatic carbocycles. The zero-order chi connectivity index (χ0) is 47.7. The topological polar surface area (TPSA) is 293 Å². The number of nitrogens with two attached hydrogens (primary N) is 2. The van der Waals surface area contributed by atoms with Gasteiger partial charge in [0.15, 0.2) is 5.96 Å². The Morgan fingerprint density at radius 2 is 1.32 bits per heavy atom. The average molecular weight is 934 g/mol. The van der Waals surface area contributed by atoms with Crippen molar-refractivity contribution < 1.29 is 39.0 Å². The van der Waals surface area contributed by atoms with Gasteiger partial charge in [-0.05, 0) is 111 Å². The molecule has 2 aliphatic carbocycles. The molecule has 2 saturated carbocycles. The summed E-state index contributed by atoms with van der Waals surface area (Å²) in [7, 11) is 0. The van der Waals surface area contributed by atoms with Crippen molar-refractivity contribution in [1.82, 2.24) is 41.0 Å². The standard InChI is InChI=1S/C49H63N11O8/c50-48(51)52-18-6-9-36-45(66)59-19-7-11-40(59)46(67)60-39-10-3-2-8-27(39)22-41(60)44(65)56-38(21-29-26-54-35-15-13-31(62)24-33(29)35)43(64)58-49(16-4-1-5-17-49)47(68)57-37(42(63)55-36)20-28-25-53-34-14-12-30(61)23-32(28)34/h12-15,23-27,36-41,53-54,61-62H,1-11,16-22H2,(H,55,63)(H,56,65)(H,57,68)(H,58,64)(H4,50,51,52)/t27-,36+,37+,38+,39-,40-,41-/m1/s1. The molecule has 5 aliphatic rings. The van der Waals surface area contributed by atoms with Crippen LogP contribution in [0.4, 0.5) is 0 Å². The lowest BCUT2D eigenvalue weighted by molar-refractivity contribution is -0.150. The summed E-state index contributed by atoms with van der Waals surface area (Å²) < 4.78 is 0. The van der Waals surface area contributed by atoms with Gasteiger partial charge in [-0.15, -0.1) is 0 Å². The van der Waals surface area contributed by atoms with Crippen molar-refractivity contribution in [3.05, 3.63) is 59.9 Å². The Hall–Kier alpha value is -6.79. The van der Waals surface area contributed by atoms with Crippen LogP contribution in [0.2, 0.25) is 0 Å². The molecule has 68 heavy (non-hydrogen) atoms. The van der Waals surface area contributed by atoms with Crippen molar-refractivity contribution in [2.45, 2.75) is 145 Å². The number of fused-ring (bicyclic) bond motifs is 6. The maximum absolute atomic E-state index is 15.2. The van der Waals surface area contributed by atoms with Crippen molar-refractivity contribution in [3.8, 4) is 11.5 Å². The van der Waals surface area contributed by atoms with Gasteiger partial charge in [-0.2, -0.15) is 0 Å². The van der Waals surface area contributed by atoms with E-state index in [2.05, 4.69) is 36.2 Å². The molecule has 0 bridgehead atoms.